The standard InChI is InChI=1S/C22H31N5O2S/c1-3-19-7-9-20(10-8-19)30(28,29)27-15-13-26(14-16-27)22-23-18(2)17-21(24-22)25-11-5-4-6-12-25/h7-10,17H,3-6,11-16H2,1-2H3. The minimum absolute atomic E-state index is 0.368. The molecule has 4 rings (SSSR count). The highest BCUT2D eigenvalue weighted by Gasteiger charge is 2.29. The van der Waals surface area contributed by atoms with E-state index in [9.17, 15) is 8.42 Å². The summed E-state index contributed by atoms with van der Waals surface area (Å²) in [5, 5.41) is 0. The van der Waals surface area contributed by atoms with Gasteiger partial charge < -0.3 is 9.80 Å². The van der Waals surface area contributed by atoms with Gasteiger partial charge in [-0.25, -0.2) is 13.4 Å². The third-order valence-electron chi connectivity index (χ3n) is 6.00. The zero-order chi connectivity index (χ0) is 21.1. The maximum atomic E-state index is 13.0. The van der Waals surface area contributed by atoms with Crippen molar-refractivity contribution in [3.63, 3.8) is 0 Å². The summed E-state index contributed by atoms with van der Waals surface area (Å²) >= 11 is 0. The van der Waals surface area contributed by atoms with Crippen molar-refractivity contribution < 1.29 is 8.42 Å². The summed E-state index contributed by atoms with van der Waals surface area (Å²) in [6, 6.07) is 9.28. The highest BCUT2D eigenvalue weighted by atomic mass is 32.2. The molecule has 0 saturated carbocycles. The molecule has 0 radical (unpaired) electrons. The average Bonchev–Trinajstić information content (AvgIpc) is 2.79. The smallest absolute Gasteiger partial charge is 0.243 e. The fourth-order valence-corrected chi connectivity index (χ4v) is 5.56. The van der Waals surface area contributed by atoms with Crippen LogP contribution in [0.2, 0.25) is 0 Å². The molecule has 1 aromatic heterocycles. The van der Waals surface area contributed by atoms with Crippen molar-refractivity contribution in [1.82, 2.24) is 14.3 Å². The Labute approximate surface area is 179 Å². The monoisotopic (exact) mass is 429 g/mol. The molecular formula is C22H31N5O2S. The van der Waals surface area contributed by atoms with Gasteiger partial charge in [-0.1, -0.05) is 19.1 Å². The Hall–Kier alpha value is -2.19. The summed E-state index contributed by atoms with van der Waals surface area (Å²) in [6.07, 6.45) is 4.59. The number of piperidine rings is 1. The van der Waals surface area contributed by atoms with Crippen LogP contribution in [0.4, 0.5) is 11.8 Å². The number of anilines is 2. The lowest BCUT2D eigenvalue weighted by Gasteiger charge is -2.35. The first-order valence-electron chi connectivity index (χ1n) is 10.9. The number of hydrogen-bond donors (Lipinski definition) is 0. The van der Waals surface area contributed by atoms with E-state index in [1.165, 1.54) is 19.3 Å². The molecule has 30 heavy (non-hydrogen) atoms. The molecule has 3 heterocycles. The van der Waals surface area contributed by atoms with Crippen molar-refractivity contribution >= 4 is 21.8 Å². The number of sulfonamides is 1. The molecule has 0 spiro atoms. The van der Waals surface area contributed by atoms with Gasteiger partial charge in [-0.3, -0.25) is 0 Å². The van der Waals surface area contributed by atoms with Crippen LogP contribution >= 0.6 is 0 Å². The second kappa shape index (κ2) is 8.89. The molecule has 162 valence electrons. The molecule has 0 unspecified atom stereocenters. The molecule has 2 saturated heterocycles. The predicted molar refractivity (Wildman–Crippen MR) is 120 cm³/mol. The van der Waals surface area contributed by atoms with Gasteiger partial charge in [-0.05, 0) is 50.3 Å². The lowest BCUT2D eigenvalue weighted by atomic mass is 10.1. The summed E-state index contributed by atoms with van der Waals surface area (Å²) in [6.45, 7) is 8.20. The molecule has 0 aliphatic carbocycles. The Balaban J connectivity index is 1.45. The van der Waals surface area contributed by atoms with E-state index in [2.05, 4.69) is 27.8 Å². The molecule has 2 aromatic rings. The van der Waals surface area contributed by atoms with Gasteiger partial charge >= 0.3 is 0 Å². The second-order valence-corrected chi connectivity index (χ2v) is 10.0. The molecule has 1 aromatic carbocycles. The lowest BCUT2D eigenvalue weighted by molar-refractivity contribution is 0.382. The number of benzene rings is 1. The zero-order valence-corrected chi connectivity index (χ0v) is 18.7. The van der Waals surface area contributed by atoms with E-state index in [-0.39, 0.29) is 0 Å². The van der Waals surface area contributed by atoms with Gasteiger partial charge in [0.05, 0.1) is 4.90 Å². The van der Waals surface area contributed by atoms with E-state index in [1.807, 2.05) is 19.1 Å². The Morgan fingerprint density at radius 3 is 2.17 bits per heavy atom. The predicted octanol–water partition coefficient (Wildman–Crippen LogP) is 2.85. The van der Waals surface area contributed by atoms with E-state index in [0.29, 0.717) is 37.0 Å². The van der Waals surface area contributed by atoms with E-state index in [4.69, 9.17) is 4.98 Å². The Morgan fingerprint density at radius 1 is 0.867 bits per heavy atom. The van der Waals surface area contributed by atoms with Gasteiger partial charge in [0.2, 0.25) is 16.0 Å². The quantitative estimate of drug-likeness (QED) is 0.728. The molecule has 2 aliphatic rings. The van der Waals surface area contributed by atoms with Gasteiger partial charge in [0.15, 0.2) is 0 Å². The van der Waals surface area contributed by atoms with Crippen molar-refractivity contribution in [3.8, 4) is 0 Å². The second-order valence-electron chi connectivity index (χ2n) is 8.10. The molecule has 0 bridgehead atoms. The van der Waals surface area contributed by atoms with E-state index < -0.39 is 10.0 Å². The van der Waals surface area contributed by atoms with Crippen LogP contribution < -0.4 is 9.80 Å². The van der Waals surface area contributed by atoms with Crippen LogP contribution in [0.25, 0.3) is 0 Å². The number of nitrogens with zero attached hydrogens (tertiary/aromatic N) is 5. The SMILES string of the molecule is CCc1ccc(S(=O)(=O)N2CCN(c3nc(C)cc(N4CCCCC4)n3)CC2)cc1. The third-order valence-corrected chi connectivity index (χ3v) is 7.91. The van der Waals surface area contributed by atoms with Crippen molar-refractivity contribution in [2.24, 2.45) is 0 Å². The van der Waals surface area contributed by atoms with Crippen LogP contribution in [0, 0.1) is 6.92 Å². The number of rotatable bonds is 5. The highest BCUT2D eigenvalue weighted by Crippen LogP contribution is 2.23. The summed E-state index contributed by atoms with van der Waals surface area (Å²) in [5.41, 5.74) is 2.09. The largest absolute Gasteiger partial charge is 0.356 e. The normalized spacial score (nSPS) is 18.6. The van der Waals surface area contributed by atoms with Crippen molar-refractivity contribution in [1.29, 1.82) is 0 Å². The molecule has 0 amide bonds. The number of aromatic nitrogens is 2. The third kappa shape index (κ3) is 4.44. The zero-order valence-electron chi connectivity index (χ0n) is 17.9. The van der Waals surface area contributed by atoms with Crippen molar-refractivity contribution in [2.45, 2.75) is 44.4 Å². The van der Waals surface area contributed by atoms with Crippen molar-refractivity contribution in [3.05, 3.63) is 41.6 Å². The van der Waals surface area contributed by atoms with Crippen LogP contribution in [0.1, 0.15) is 37.4 Å². The van der Waals surface area contributed by atoms with Crippen LogP contribution in [-0.2, 0) is 16.4 Å². The molecular weight excluding hydrogens is 398 g/mol. The first-order chi connectivity index (χ1) is 14.5. The van der Waals surface area contributed by atoms with Gasteiger partial charge in [-0.2, -0.15) is 9.29 Å². The summed E-state index contributed by atoms with van der Waals surface area (Å²) in [7, 11) is -3.47. The Bertz CT molecular complexity index is 964. The van der Waals surface area contributed by atoms with Crippen LogP contribution in [-0.4, -0.2) is 62.0 Å². The highest BCUT2D eigenvalue weighted by molar-refractivity contribution is 7.89. The summed E-state index contributed by atoms with van der Waals surface area (Å²) in [4.78, 5) is 14.3. The van der Waals surface area contributed by atoms with Gasteiger partial charge in [-0.15, -0.1) is 0 Å². The molecule has 0 N–H and O–H groups in total. The van der Waals surface area contributed by atoms with Crippen LogP contribution in [0.3, 0.4) is 0 Å². The molecule has 2 fully saturated rings. The van der Waals surface area contributed by atoms with Crippen LogP contribution in [0.15, 0.2) is 35.2 Å². The first kappa shape index (κ1) is 21.1. The first-order valence-corrected chi connectivity index (χ1v) is 12.4. The van der Waals surface area contributed by atoms with Gasteiger partial charge in [0.1, 0.15) is 5.82 Å². The minimum atomic E-state index is -3.47. The maximum Gasteiger partial charge on any atom is 0.243 e. The van der Waals surface area contributed by atoms with Crippen LogP contribution in [0.5, 0.6) is 0 Å². The topological polar surface area (TPSA) is 69.6 Å². The summed E-state index contributed by atoms with van der Waals surface area (Å²) < 4.78 is 27.6. The van der Waals surface area contributed by atoms with Crippen molar-refractivity contribution in [2.75, 3.05) is 49.1 Å². The number of piperazine rings is 1. The van der Waals surface area contributed by atoms with E-state index >= 15 is 0 Å². The van der Waals surface area contributed by atoms with Gasteiger partial charge in [0.25, 0.3) is 0 Å². The fourth-order valence-electron chi connectivity index (χ4n) is 4.14. The molecule has 2 aliphatic heterocycles. The minimum Gasteiger partial charge on any atom is -0.356 e. The number of hydrogen-bond acceptors (Lipinski definition) is 6. The Morgan fingerprint density at radius 2 is 1.53 bits per heavy atom. The molecule has 0 atom stereocenters. The molecule has 7 nitrogen and oxygen atoms in total. The summed E-state index contributed by atoms with van der Waals surface area (Å²) in [5.74, 6) is 1.70. The van der Waals surface area contributed by atoms with E-state index in [1.54, 1.807) is 16.4 Å². The number of aryl methyl sites for hydroxylation is 2. The lowest BCUT2D eigenvalue weighted by Crippen LogP contribution is -2.49. The fraction of sp³-hybridized carbons (Fsp3) is 0.545. The maximum absolute atomic E-state index is 13.0. The van der Waals surface area contributed by atoms with E-state index in [0.717, 1.165) is 36.6 Å². The van der Waals surface area contributed by atoms with Gasteiger partial charge in [0, 0.05) is 51.0 Å². The average molecular weight is 430 g/mol. The Kier molecular flexibility index (Phi) is 6.24. The molecule has 8 heteroatoms.